The van der Waals surface area contributed by atoms with Gasteiger partial charge in [0.25, 0.3) is 0 Å². The number of esters is 1. The van der Waals surface area contributed by atoms with Gasteiger partial charge in [0, 0.05) is 18.3 Å². The third-order valence-electron chi connectivity index (χ3n) is 4.41. The van der Waals surface area contributed by atoms with Crippen molar-refractivity contribution in [2.75, 3.05) is 6.61 Å². The SMILES string of the molecule is CC1CCCCC1(C)COC(=O)CCCCC(=O)O. The molecule has 1 N–H and O–H groups in total. The molecule has 1 fully saturated rings. The Morgan fingerprint density at radius 2 is 1.95 bits per heavy atom. The van der Waals surface area contributed by atoms with Crippen LogP contribution in [0.2, 0.25) is 0 Å². The maximum Gasteiger partial charge on any atom is 0.305 e. The first-order chi connectivity index (χ1) is 8.94. The van der Waals surface area contributed by atoms with E-state index in [1.807, 2.05) is 0 Å². The molecule has 0 aromatic carbocycles. The zero-order valence-corrected chi connectivity index (χ0v) is 12.1. The van der Waals surface area contributed by atoms with Gasteiger partial charge in [0.1, 0.15) is 0 Å². The van der Waals surface area contributed by atoms with Gasteiger partial charge in [-0.2, -0.15) is 0 Å². The predicted octanol–water partition coefficient (Wildman–Crippen LogP) is 3.39. The van der Waals surface area contributed by atoms with Gasteiger partial charge in [-0.1, -0.05) is 33.1 Å². The largest absolute Gasteiger partial charge is 0.481 e. The molecule has 2 atom stereocenters. The Bertz CT molecular complexity index is 313. The van der Waals surface area contributed by atoms with Crippen molar-refractivity contribution in [1.82, 2.24) is 0 Å². The van der Waals surface area contributed by atoms with Crippen molar-refractivity contribution in [2.24, 2.45) is 11.3 Å². The number of rotatable bonds is 7. The minimum atomic E-state index is -0.808. The first-order valence-electron chi connectivity index (χ1n) is 7.31. The van der Waals surface area contributed by atoms with Crippen LogP contribution >= 0.6 is 0 Å². The van der Waals surface area contributed by atoms with Gasteiger partial charge in [-0.3, -0.25) is 9.59 Å². The molecule has 0 aliphatic heterocycles. The van der Waals surface area contributed by atoms with Crippen LogP contribution in [0.3, 0.4) is 0 Å². The van der Waals surface area contributed by atoms with Gasteiger partial charge < -0.3 is 9.84 Å². The quantitative estimate of drug-likeness (QED) is 0.569. The van der Waals surface area contributed by atoms with Gasteiger partial charge in [0.05, 0.1) is 6.61 Å². The van der Waals surface area contributed by atoms with E-state index in [1.54, 1.807) is 0 Å². The molecule has 0 saturated heterocycles. The van der Waals surface area contributed by atoms with Crippen molar-refractivity contribution in [3.05, 3.63) is 0 Å². The van der Waals surface area contributed by atoms with E-state index in [-0.39, 0.29) is 17.8 Å². The minimum Gasteiger partial charge on any atom is -0.481 e. The molecule has 0 aromatic heterocycles. The molecule has 1 aliphatic rings. The van der Waals surface area contributed by atoms with E-state index in [9.17, 15) is 9.59 Å². The maximum atomic E-state index is 11.6. The topological polar surface area (TPSA) is 63.6 Å². The van der Waals surface area contributed by atoms with Crippen molar-refractivity contribution in [2.45, 2.75) is 65.2 Å². The first-order valence-corrected chi connectivity index (χ1v) is 7.31. The van der Waals surface area contributed by atoms with Gasteiger partial charge in [-0.15, -0.1) is 0 Å². The lowest BCUT2D eigenvalue weighted by Crippen LogP contribution is -2.34. The molecule has 1 saturated carbocycles. The van der Waals surface area contributed by atoms with Crippen LogP contribution in [-0.4, -0.2) is 23.7 Å². The standard InChI is InChI=1S/C15H26O4/c1-12-7-5-6-10-15(12,2)11-19-14(18)9-4-3-8-13(16)17/h12H,3-11H2,1-2H3,(H,16,17). The van der Waals surface area contributed by atoms with Gasteiger partial charge in [-0.25, -0.2) is 0 Å². The third-order valence-corrected chi connectivity index (χ3v) is 4.41. The summed E-state index contributed by atoms with van der Waals surface area (Å²) in [7, 11) is 0. The van der Waals surface area contributed by atoms with Crippen LogP contribution in [0.5, 0.6) is 0 Å². The van der Waals surface area contributed by atoms with Crippen LogP contribution in [-0.2, 0) is 14.3 Å². The second kappa shape index (κ2) is 7.51. The van der Waals surface area contributed by atoms with Crippen LogP contribution in [0.25, 0.3) is 0 Å². The highest BCUT2D eigenvalue weighted by Gasteiger charge is 2.34. The van der Waals surface area contributed by atoms with E-state index in [1.165, 1.54) is 19.3 Å². The number of unbranched alkanes of at least 4 members (excludes halogenated alkanes) is 1. The van der Waals surface area contributed by atoms with Gasteiger partial charge in [0.2, 0.25) is 0 Å². The highest BCUT2D eigenvalue weighted by Crippen LogP contribution is 2.40. The molecule has 0 radical (unpaired) electrons. The van der Waals surface area contributed by atoms with Crippen LogP contribution in [0, 0.1) is 11.3 Å². The molecule has 4 nitrogen and oxygen atoms in total. The Balaban J connectivity index is 2.20. The summed E-state index contributed by atoms with van der Waals surface area (Å²) in [5, 5.41) is 8.50. The summed E-state index contributed by atoms with van der Waals surface area (Å²) in [6, 6.07) is 0. The van der Waals surface area contributed by atoms with E-state index in [4.69, 9.17) is 9.84 Å². The molecule has 0 amide bonds. The summed E-state index contributed by atoms with van der Waals surface area (Å²) in [5.41, 5.74) is 0.120. The summed E-state index contributed by atoms with van der Waals surface area (Å²) in [6.07, 6.45) is 6.43. The zero-order chi connectivity index (χ0) is 14.3. The van der Waals surface area contributed by atoms with E-state index in [0.29, 0.717) is 31.8 Å². The highest BCUT2D eigenvalue weighted by molar-refractivity contribution is 5.69. The summed E-state index contributed by atoms with van der Waals surface area (Å²) in [5.74, 6) is -0.401. The van der Waals surface area contributed by atoms with Gasteiger partial charge in [0.15, 0.2) is 0 Å². The minimum absolute atomic E-state index is 0.120. The lowest BCUT2D eigenvalue weighted by atomic mass is 9.69. The van der Waals surface area contributed by atoms with Crippen molar-refractivity contribution in [3.8, 4) is 0 Å². The van der Waals surface area contributed by atoms with Gasteiger partial charge in [-0.05, 0) is 25.2 Å². The molecule has 19 heavy (non-hydrogen) atoms. The fraction of sp³-hybridized carbons (Fsp3) is 0.867. The third kappa shape index (κ3) is 5.62. The monoisotopic (exact) mass is 270 g/mol. The van der Waals surface area contributed by atoms with Crippen LogP contribution < -0.4 is 0 Å². The molecule has 0 bridgehead atoms. The van der Waals surface area contributed by atoms with Crippen molar-refractivity contribution in [1.29, 1.82) is 0 Å². The summed E-state index contributed by atoms with van der Waals surface area (Å²) in [4.78, 5) is 21.9. The van der Waals surface area contributed by atoms with Gasteiger partial charge >= 0.3 is 11.9 Å². The summed E-state index contributed by atoms with van der Waals surface area (Å²) in [6.45, 7) is 4.94. The lowest BCUT2D eigenvalue weighted by molar-refractivity contribution is -0.149. The molecule has 2 unspecified atom stereocenters. The molecule has 110 valence electrons. The summed E-state index contributed by atoms with van der Waals surface area (Å²) < 4.78 is 5.38. The number of aliphatic carboxylic acids is 1. The molecule has 1 rings (SSSR count). The highest BCUT2D eigenvalue weighted by atomic mass is 16.5. The van der Waals surface area contributed by atoms with Crippen LogP contribution in [0.1, 0.15) is 65.2 Å². The molecular formula is C15H26O4. The summed E-state index contributed by atoms with van der Waals surface area (Å²) >= 11 is 0. The zero-order valence-electron chi connectivity index (χ0n) is 12.1. The number of hydrogen-bond donors (Lipinski definition) is 1. The lowest BCUT2D eigenvalue weighted by Gasteiger charge is -2.39. The second-order valence-corrected chi connectivity index (χ2v) is 6.06. The number of carboxylic acid groups (broad SMARTS) is 1. The first kappa shape index (κ1) is 16.0. The van der Waals surface area contributed by atoms with Crippen LogP contribution in [0.4, 0.5) is 0 Å². The number of carbonyl (C=O) groups is 2. The predicted molar refractivity (Wildman–Crippen MR) is 72.8 cm³/mol. The Morgan fingerprint density at radius 3 is 2.58 bits per heavy atom. The fourth-order valence-electron chi connectivity index (χ4n) is 2.65. The Morgan fingerprint density at radius 1 is 1.26 bits per heavy atom. The molecule has 0 spiro atoms. The average molecular weight is 270 g/mol. The van der Waals surface area contributed by atoms with E-state index < -0.39 is 5.97 Å². The van der Waals surface area contributed by atoms with E-state index >= 15 is 0 Å². The van der Waals surface area contributed by atoms with E-state index in [0.717, 1.165) is 6.42 Å². The Hall–Kier alpha value is -1.06. The number of carboxylic acids is 1. The number of carbonyl (C=O) groups excluding carboxylic acids is 1. The van der Waals surface area contributed by atoms with Crippen molar-refractivity contribution >= 4 is 11.9 Å². The van der Waals surface area contributed by atoms with Crippen LogP contribution in [0.15, 0.2) is 0 Å². The Labute approximate surface area is 115 Å². The van der Waals surface area contributed by atoms with Crippen molar-refractivity contribution in [3.63, 3.8) is 0 Å². The fourth-order valence-corrected chi connectivity index (χ4v) is 2.65. The maximum absolute atomic E-state index is 11.6. The average Bonchev–Trinajstić information content (AvgIpc) is 2.36. The normalized spacial score (nSPS) is 26.9. The number of ether oxygens (including phenoxy) is 1. The molecular weight excluding hydrogens is 244 g/mol. The van der Waals surface area contributed by atoms with E-state index in [2.05, 4.69) is 13.8 Å². The molecule has 0 aromatic rings. The molecule has 0 heterocycles. The molecule has 4 heteroatoms. The smallest absolute Gasteiger partial charge is 0.305 e. The molecule has 1 aliphatic carbocycles. The second-order valence-electron chi connectivity index (χ2n) is 6.06. The number of hydrogen-bond acceptors (Lipinski definition) is 3. The van der Waals surface area contributed by atoms with Crippen molar-refractivity contribution < 1.29 is 19.4 Å². The Kier molecular flexibility index (Phi) is 6.32.